The van der Waals surface area contributed by atoms with Crippen LogP contribution in [0.3, 0.4) is 0 Å². The number of hydrogen-bond acceptors (Lipinski definition) is 7. The zero-order valence-corrected chi connectivity index (χ0v) is 21.6. The molecule has 1 fully saturated rings. The lowest BCUT2D eigenvalue weighted by Crippen LogP contribution is -2.50. The van der Waals surface area contributed by atoms with Crippen LogP contribution in [0.4, 0.5) is 5.69 Å². The van der Waals surface area contributed by atoms with E-state index in [0.29, 0.717) is 30.1 Å². The number of aliphatic hydroxyl groups is 2. The highest BCUT2D eigenvalue weighted by Gasteiger charge is 2.47. The molecule has 2 aliphatic rings. The van der Waals surface area contributed by atoms with Gasteiger partial charge in [0.2, 0.25) is 10.0 Å². The molecular weight excluding hydrogens is 504 g/mol. The number of rotatable bonds is 9. The average molecular weight is 535 g/mol. The third-order valence-electron chi connectivity index (χ3n) is 6.77. The highest BCUT2D eigenvalue weighted by atomic mass is 35.5. The number of piperidine rings is 1. The summed E-state index contributed by atoms with van der Waals surface area (Å²) in [6.45, 7) is 2.29. The van der Waals surface area contributed by atoms with E-state index in [0.717, 1.165) is 22.4 Å². The molecule has 0 aliphatic carbocycles. The topological polar surface area (TPSA) is 131 Å². The van der Waals surface area contributed by atoms with E-state index in [4.69, 9.17) is 16.7 Å². The van der Waals surface area contributed by atoms with E-state index in [-0.39, 0.29) is 37.9 Å². The summed E-state index contributed by atoms with van der Waals surface area (Å²) in [5.74, 6) is 0.273. The van der Waals surface area contributed by atoms with E-state index in [1.807, 2.05) is 25.1 Å². The number of carbonyl (C=O) groups excluding carboxylic acids is 1. The fourth-order valence-electron chi connectivity index (χ4n) is 4.49. The third-order valence-corrected chi connectivity index (χ3v) is 8.89. The first-order valence-electron chi connectivity index (χ1n) is 11.9. The number of halogens is 1. The van der Waals surface area contributed by atoms with Crippen molar-refractivity contribution >= 4 is 39.1 Å². The van der Waals surface area contributed by atoms with Crippen molar-refractivity contribution in [1.29, 1.82) is 0 Å². The minimum absolute atomic E-state index is 0.0255. The Hall–Kier alpha value is -2.50. The van der Waals surface area contributed by atoms with Gasteiger partial charge in [-0.2, -0.15) is 0 Å². The van der Waals surface area contributed by atoms with Crippen molar-refractivity contribution in [2.24, 2.45) is 4.99 Å². The summed E-state index contributed by atoms with van der Waals surface area (Å²) in [6, 6.07) is 12.7. The number of aliphatic hydroxyl groups excluding tert-OH is 2. The summed E-state index contributed by atoms with van der Waals surface area (Å²) in [4.78, 5) is 17.5. The largest absolute Gasteiger partial charge is 0.394 e. The molecule has 4 rings (SSSR count). The maximum absolute atomic E-state index is 13.1. The van der Waals surface area contributed by atoms with E-state index in [1.165, 1.54) is 4.31 Å². The highest BCUT2D eigenvalue weighted by molar-refractivity contribution is 7.89. The molecule has 1 amide bonds. The van der Waals surface area contributed by atoms with Crippen molar-refractivity contribution in [1.82, 2.24) is 9.62 Å². The first-order chi connectivity index (χ1) is 17.1. The van der Waals surface area contributed by atoms with Gasteiger partial charge in [-0.15, -0.1) is 0 Å². The maximum Gasteiger partial charge on any atom is 0.253 e. The van der Waals surface area contributed by atoms with Gasteiger partial charge in [-0.05, 0) is 73.7 Å². The number of amidine groups is 1. The lowest BCUT2D eigenvalue weighted by atomic mass is 9.89. The van der Waals surface area contributed by atoms with E-state index in [2.05, 4.69) is 15.6 Å². The average Bonchev–Trinajstić information content (AvgIpc) is 3.17. The van der Waals surface area contributed by atoms with Gasteiger partial charge < -0.3 is 20.8 Å². The zero-order chi connectivity index (χ0) is 25.9. The van der Waals surface area contributed by atoms with Crippen LogP contribution in [0, 0.1) is 6.92 Å². The van der Waals surface area contributed by atoms with Crippen LogP contribution >= 0.6 is 11.6 Å². The molecule has 0 radical (unpaired) electrons. The minimum atomic E-state index is -3.51. The van der Waals surface area contributed by atoms with E-state index >= 15 is 0 Å². The normalized spacial score (nSPS) is 18.7. The quantitative estimate of drug-likeness (QED) is 0.387. The van der Waals surface area contributed by atoms with Crippen LogP contribution in [0.1, 0.15) is 29.5 Å². The van der Waals surface area contributed by atoms with Crippen LogP contribution in [-0.2, 0) is 21.2 Å². The number of sulfonamides is 1. The van der Waals surface area contributed by atoms with Crippen molar-refractivity contribution in [3.63, 3.8) is 0 Å². The molecule has 1 unspecified atom stereocenters. The number of carbonyl (C=O) groups is 1. The molecule has 2 aliphatic heterocycles. The number of aliphatic imine (C=N–C) groups is 1. The lowest BCUT2D eigenvalue weighted by Gasteiger charge is -2.34. The molecule has 2 heterocycles. The fourth-order valence-corrected chi connectivity index (χ4v) is 6.09. The molecule has 36 heavy (non-hydrogen) atoms. The van der Waals surface area contributed by atoms with Gasteiger partial charge in [0.25, 0.3) is 5.91 Å². The Kier molecular flexibility index (Phi) is 8.01. The van der Waals surface area contributed by atoms with E-state index in [9.17, 15) is 18.3 Å². The molecular formula is C25H31ClN4O5S. The molecule has 0 aromatic heterocycles. The summed E-state index contributed by atoms with van der Waals surface area (Å²) < 4.78 is 27.6. The molecule has 11 heteroatoms. The van der Waals surface area contributed by atoms with Gasteiger partial charge in [0.15, 0.2) is 0 Å². The van der Waals surface area contributed by atoms with Gasteiger partial charge in [0, 0.05) is 35.9 Å². The van der Waals surface area contributed by atoms with Crippen molar-refractivity contribution in [2.45, 2.75) is 37.8 Å². The first kappa shape index (κ1) is 26.6. The lowest BCUT2D eigenvalue weighted by molar-refractivity contribution is -0.124. The Morgan fingerprint density at radius 1 is 1.19 bits per heavy atom. The molecule has 2 aromatic rings. The van der Waals surface area contributed by atoms with Crippen LogP contribution in [0.5, 0.6) is 0 Å². The van der Waals surface area contributed by atoms with Gasteiger partial charge in [0.1, 0.15) is 11.4 Å². The number of amides is 1. The predicted molar refractivity (Wildman–Crippen MR) is 140 cm³/mol. The van der Waals surface area contributed by atoms with Crippen LogP contribution < -0.4 is 10.6 Å². The van der Waals surface area contributed by atoms with Gasteiger partial charge in [-0.3, -0.25) is 9.79 Å². The highest BCUT2D eigenvalue weighted by Crippen LogP contribution is 2.32. The Morgan fingerprint density at radius 2 is 1.89 bits per heavy atom. The molecule has 4 N–H and O–H groups in total. The van der Waals surface area contributed by atoms with Gasteiger partial charge in [-0.25, -0.2) is 12.7 Å². The second kappa shape index (κ2) is 10.9. The van der Waals surface area contributed by atoms with Crippen molar-refractivity contribution in [2.75, 3.05) is 37.3 Å². The summed E-state index contributed by atoms with van der Waals surface area (Å²) in [7, 11) is -3.51. The molecule has 1 atom stereocenters. The van der Waals surface area contributed by atoms with Crippen molar-refractivity contribution in [3.8, 4) is 0 Å². The second-order valence-electron chi connectivity index (χ2n) is 9.28. The van der Waals surface area contributed by atoms with Gasteiger partial charge in [0.05, 0.1) is 18.5 Å². The predicted octanol–water partition coefficient (Wildman–Crippen LogP) is 1.70. The van der Waals surface area contributed by atoms with Crippen LogP contribution in [0.2, 0.25) is 5.02 Å². The first-order valence-corrected chi connectivity index (χ1v) is 13.9. The van der Waals surface area contributed by atoms with Crippen molar-refractivity contribution in [3.05, 3.63) is 64.2 Å². The summed E-state index contributed by atoms with van der Waals surface area (Å²) in [6.07, 6.45) is 0.181. The van der Waals surface area contributed by atoms with Gasteiger partial charge >= 0.3 is 0 Å². The smallest absolute Gasteiger partial charge is 0.253 e. The molecule has 1 saturated heterocycles. The monoisotopic (exact) mass is 534 g/mol. The van der Waals surface area contributed by atoms with E-state index < -0.39 is 21.7 Å². The van der Waals surface area contributed by atoms with Crippen LogP contribution in [-0.4, -0.2) is 78.3 Å². The number of nitrogens with zero attached hydrogens (tertiary/aromatic N) is 2. The fraction of sp³-hybridized carbons (Fsp3) is 0.440. The Balaban J connectivity index is 1.35. The Morgan fingerprint density at radius 3 is 2.53 bits per heavy atom. The van der Waals surface area contributed by atoms with Crippen LogP contribution in [0.25, 0.3) is 0 Å². The number of benzene rings is 2. The molecule has 2 aromatic carbocycles. The Labute approximate surface area is 216 Å². The standard InChI is InChI=1S/C25H31ClN4O5S/c1-17-14-21(27-15-22(32)16-31)7-4-18(17)8-13-36(34,35)30-11-9-25(10-12-30)24(33)28-23(29-25)19-2-5-20(26)6-3-19/h2-7,14,22,27,31-32H,8-13,15-16H2,1H3,(H,28,29,33). The molecule has 9 nitrogen and oxygen atoms in total. The third kappa shape index (κ3) is 5.90. The number of aryl methyl sites for hydroxylation is 2. The molecule has 194 valence electrons. The SMILES string of the molecule is Cc1cc(NCC(O)CO)ccc1CCS(=O)(=O)N1CCC2(CC1)N=C(c1ccc(Cl)cc1)NC2=O. The summed E-state index contributed by atoms with van der Waals surface area (Å²) in [5, 5.41) is 24.9. The number of anilines is 1. The minimum Gasteiger partial charge on any atom is -0.394 e. The summed E-state index contributed by atoms with van der Waals surface area (Å²) in [5.41, 5.74) is 2.48. The Bertz CT molecular complexity index is 1240. The van der Waals surface area contributed by atoms with E-state index in [1.54, 1.807) is 24.3 Å². The van der Waals surface area contributed by atoms with Gasteiger partial charge in [-0.1, -0.05) is 17.7 Å². The zero-order valence-electron chi connectivity index (χ0n) is 20.1. The number of hydrogen-bond donors (Lipinski definition) is 4. The molecule has 1 spiro atoms. The maximum atomic E-state index is 13.1. The molecule has 0 bridgehead atoms. The second-order valence-corrected chi connectivity index (χ2v) is 11.8. The summed E-state index contributed by atoms with van der Waals surface area (Å²) >= 11 is 5.95. The van der Waals surface area contributed by atoms with Crippen molar-refractivity contribution < 1.29 is 23.4 Å². The van der Waals surface area contributed by atoms with Crippen LogP contribution in [0.15, 0.2) is 47.5 Å². The number of nitrogens with one attached hydrogen (secondary N) is 2. The molecule has 0 saturated carbocycles.